The zero-order chi connectivity index (χ0) is 12.3. The van der Waals surface area contributed by atoms with Crippen LogP contribution in [0.25, 0.3) is 0 Å². The van der Waals surface area contributed by atoms with Gasteiger partial charge >= 0.3 is 0 Å². The number of methoxy groups -OCH3 is 1. The molecule has 0 aliphatic carbocycles. The Bertz CT molecular complexity index is 141. The SMILES string of the molecule is CCC(CC)(CO)NCCOCCCOC. The van der Waals surface area contributed by atoms with Crippen molar-refractivity contribution in [2.75, 3.05) is 40.1 Å². The van der Waals surface area contributed by atoms with E-state index in [2.05, 4.69) is 19.2 Å². The Balaban J connectivity index is 3.48. The largest absolute Gasteiger partial charge is 0.394 e. The van der Waals surface area contributed by atoms with Gasteiger partial charge in [-0.3, -0.25) is 0 Å². The predicted molar refractivity (Wildman–Crippen MR) is 65.7 cm³/mol. The van der Waals surface area contributed by atoms with Gasteiger partial charge < -0.3 is 19.9 Å². The average molecular weight is 233 g/mol. The van der Waals surface area contributed by atoms with E-state index in [0.717, 1.165) is 39.0 Å². The molecule has 0 amide bonds. The molecular weight excluding hydrogens is 206 g/mol. The topological polar surface area (TPSA) is 50.7 Å². The molecule has 0 aliphatic heterocycles. The van der Waals surface area contributed by atoms with E-state index in [-0.39, 0.29) is 12.1 Å². The molecule has 0 heterocycles. The van der Waals surface area contributed by atoms with Crippen LogP contribution in [0, 0.1) is 0 Å². The molecule has 16 heavy (non-hydrogen) atoms. The van der Waals surface area contributed by atoms with Crippen molar-refractivity contribution in [2.24, 2.45) is 0 Å². The second-order valence-electron chi connectivity index (χ2n) is 4.03. The standard InChI is InChI=1S/C12H27NO3/c1-4-12(5-2,11-14)13-7-10-16-9-6-8-15-3/h13-14H,4-11H2,1-3H3. The molecule has 0 fully saturated rings. The van der Waals surface area contributed by atoms with Crippen LogP contribution >= 0.6 is 0 Å². The maximum absolute atomic E-state index is 9.33. The molecule has 0 atom stereocenters. The minimum atomic E-state index is -0.129. The molecule has 0 saturated heterocycles. The molecule has 0 saturated carbocycles. The van der Waals surface area contributed by atoms with Crippen LogP contribution < -0.4 is 5.32 Å². The molecule has 0 spiro atoms. The minimum absolute atomic E-state index is 0.129. The van der Waals surface area contributed by atoms with Gasteiger partial charge in [0.2, 0.25) is 0 Å². The molecule has 0 aliphatic rings. The number of rotatable bonds is 11. The molecule has 0 rings (SSSR count). The van der Waals surface area contributed by atoms with Gasteiger partial charge in [-0.15, -0.1) is 0 Å². The first kappa shape index (κ1) is 15.8. The molecule has 0 radical (unpaired) electrons. The number of aliphatic hydroxyl groups excluding tert-OH is 1. The third kappa shape index (κ3) is 6.43. The number of aliphatic hydroxyl groups is 1. The van der Waals surface area contributed by atoms with E-state index in [0.29, 0.717) is 6.61 Å². The maximum atomic E-state index is 9.33. The first-order chi connectivity index (χ1) is 7.74. The Morgan fingerprint density at radius 1 is 1.12 bits per heavy atom. The van der Waals surface area contributed by atoms with Gasteiger partial charge in [0.05, 0.1) is 13.2 Å². The van der Waals surface area contributed by atoms with Crippen molar-refractivity contribution >= 4 is 0 Å². The summed E-state index contributed by atoms with van der Waals surface area (Å²) in [6.07, 6.45) is 2.80. The lowest BCUT2D eigenvalue weighted by molar-refractivity contribution is 0.0902. The Labute approximate surface area is 99.3 Å². The van der Waals surface area contributed by atoms with Gasteiger partial charge in [0.15, 0.2) is 0 Å². The maximum Gasteiger partial charge on any atom is 0.0613 e. The zero-order valence-electron chi connectivity index (χ0n) is 10.9. The Kier molecular flexibility index (Phi) is 9.92. The minimum Gasteiger partial charge on any atom is -0.394 e. The van der Waals surface area contributed by atoms with Crippen molar-refractivity contribution in [3.63, 3.8) is 0 Å². The van der Waals surface area contributed by atoms with Crippen LogP contribution in [0.2, 0.25) is 0 Å². The highest BCUT2D eigenvalue weighted by atomic mass is 16.5. The number of ether oxygens (including phenoxy) is 2. The molecule has 4 heteroatoms. The highest BCUT2D eigenvalue weighted by molar-refractivity contribution is 4.84. The quantitative estimate of drug-likeness (QED) is 0.526. The summed E-state index contributed by atoms with van der Waals surface area (Å²) in [6.45, 7) is 7.32. The van der Waals surface area contributed by atoms with Crippen molar-refractivity contribution < 1.29 is 14.6 Å². The summed E-state index contributed by atoms with van der Waals surface area (Å²) in [7, 11) is 1.69. The predicted octanol–water partition coefficient (Wildman–Crippen LogP) is 1.18. The highest BCUT2D eigenvalue weighted by Gasteiger charge is 2.23. The first-order valence-electron chi connectivity index (χ1n) is 6.17. The van der Waals surface area contributed by atoms with E-state index >= 15 is 0 Å². The molecule has 0 bridgehead atoms. The monoisotopic (exact) mass is 233 g/mol. The van der Waals surface area contributed by atoms with E-state index in [1.54, 1.807) is 7.11 Å². The fourth-order valence-corrected chi connectivity index (χ4v) is 1.58. The molecule has 0 aromatic rings. The fraction of sp³-hybridized carbons (Fsp3) is 1.00. The summed E-state index contributed by atoms with van der Waals surface area (Å²) < 4.78 is 10.4. The second-order valence-corrected chi connectivity index (χ2v) is 4.03. The Hall–Kier alpha value is -0.160. The van der Waals surface area contributed by atoms with Crippen LogP contribution in [-0.4, -0.2) is 50.7 Å². The van der Waals surface area contributed by atoms with Crippen molar-refractivity contribution in [3.8, 4) is 0 Å². The van der Waals surface area contributed by atoms with Gasteiger partial charge in [-0.25, -0.2) is 0 Å². The van der Waals surface area contributed by atoms with Gasteiger partial charge in [0.25, 0.3) is 0 Å². The van der Waals surface area contributed by atoms with Crippen LogP contribution in [0.15, 0.2) is 0 Å². The highest BCUT2D eigenvalue weighted by Crippen LogP contribution is 2.13. The fourth-order valence-electron chi connectivity index (χ4n) is 1.58. The molecule has 0 unspecified atom stereocenters. The van der Waals surface area contributed by atoms with Crippen molar-refractivity contribution in [1.29, 1.82) is 0 Å². The summed E-state index contributed by atoms with van der Waals surface area (Å²) in [6, 6.07) is 0. The van der Waals surface area contributed by atoms with E-state index in [1.807, 2.05) is 0 Å². The van der Waals surface area contributed by atoms with Crippen molar-refractivity contribution in [1.82, 2.24) is 5.32 Å². The molecule has 0 aromatic carbocycles. The molecule has 98 valence electrons. The summed E-state index contributed by atoms with van der Waals surface area (Å²) in [5, 5.41) is 12.7. The van der Waals surface area contributed by atoms with Gasteiger partial charge in [0, 0.05) is 32.4 Å². The Morgan fingerprint density at radius 2 is 1.81 bits per heavy atom. The summed E-state index contributed by atoms with van der Waals surface area (Å²) in [5.41, 5.74) is -0.129. The van der Waals surface area contributed by atoms with E-state index in [9.17, 15) is 5.11 Å². The van der Waals surface area contributed by atoms with Gasteiger partial charge in [0.1, 0.15) is 0 Å². The molecule has 2 N–H and O–H groups in total. The van der Waals surface area contributed by atoms with E-state index < -0.39 is 0 Å². The first-order valence-corrected chi connectivity index (χ1v) is 6.17. The van der Waals surface area contributed by atoms with Crippen LogP contribution in [0.4, 0.5) is 0 Å². The third-order valence-corrected chi connectivity index (χ3v) is 3.04. The number of nitrogens with one attached hydrogen (secondary N) is 1. The van der Waals surface area contributed by atoms with Crippen LogP contribution in [-0.2, 0) is 9.47 Å². The van der Waals surface area contributed by atoms with Crippen LogP contribution in [0.3, 0.4) is 0 Å². The summed E-state index contributed by atoms with van der Waals surface area (Å²) >= 11 is 0. The number of hydrogen-bond acceptors (Lipinski definition) is 4. The lowest BCUT2D eigenvalue weighted by Gasteiger charge is -2.30. The lowest BCUT2D eigenvalue weighted by Crippen LogP contribution is -2.48. The van der Waals surface area contributed by atoms with Gasteiger partial charge in [-0.1, -0.05) is 13.8 Å². The average Bonchev–Trinajstić information content (AvgIpc) is 2.34. The third-order valence-electron chi connectivity index (χ3n) is 3.04. The van der Waals surface area contributed by atoms with E-state index in [1.165, 1.54) is 0 Å². The lowest BCUT2D eigenvalue weighted by atomic mass is 9.94. The van der Waals surface area contributed by atoms with Gasteiger partial charge in [-0.05, 0) is 19.3 Å². The van der Waals surface area contributed by atoms with Crippen molar-refractivity contribution in [3.05, 3.63) is 0 Å². The summed E-state index contributed by atoms with van der Waals surface area (Å²) in [4.78, 5) is 0. The van der Waals surface area contributed by atoms with Crippen molar-refractivity contribution in [2.45, 2.75) is 38.6 Å². The normalized spacial score (nSPS) is 12.0. The van der Waals surface area contributed by atoms with Gasteiger partial charge in [-0.2, -0.15) is 0 Å². The molecule has 0 aromatic heterocycles. The zero-order valence-corrected chi connectivity index (χ0v) is 10.9. The smallest absolute Gasteiger partial charge is 0.0613 e. The Morgan fingerprint density at radius 3 is 2.31 bits per heavy atom. The summed E-state index contributed by atoms with van der Waals surface area (Å²) in [5.74, 6) is 0. The molecule has 4 nitrogen and oxygen atoms in total. The van der Waals surface area contributed by atoms with E-state index in [4.69, 9.17) is 9.47 Å². The molecular formula is C12H27NO3. The number of hydrogen-bond donors (Lipinski definition) is 2. The van der Waals surface area contributed by atoms with Crippen LogP contribution in [0.5, 0.6) is 0 Å². The second kappa shape index (κ2) is 10.0. The van der Waals surface area contributed by atoms with Crippen LogP contribution in [0.1, 0.15) is 33.1 Å².